The zero-order chi connectivity index (χ0) is 14.3. The van der Waals surface area contributed by atoms with E-state index >= 15 is 0 Å². The lowest BCUT2D eigenvalue weighted by Gasteiger charge is -2.19. The molecule has 0 unspecified atom stereocenters. The lowest BCUT2D eigenvalue weighted by Crippen LogP contribution is -2.32. The largest absolute Gasteiger partial charge is 0.444 e. The van der Waals surface area contributed by atoms with Crippen LogP contribution in [-0.2, 0) is 4.74 Å². The van der Waals surface area contributed by atoms with Crippen LogP contribution in [0.2, 0.25) is 0 Å². The Kier molecular flexibility index (Phi) is 6.02. The van der Waals surface area contributed by atoms with Crippen molar-refractivity contribution in [1.82, 2.24) is 10.3 Å². The molecule has 1 aromatic heterocycles. The van der Waals surface area contributed by atoms with Crippen molar-refractivity contribution < 1.29 is 9.53 Å². The van der Waals surface area contributed by atoms with Crippen LogP contribution in [0, 0.1) is 0 Å². The topological polar surface area (TPSA) is 51.2 Å². The fourth-order valence-electron chi connectivity index (χ4n) is 1.30. The first kappa shape index (κ1) is 15.7. The molecule has 1 amide bonds. The van der Waals surface area contributed by atoms with Crippen molar-refractivity contribution >= 4 is 28.1 Å². The highest BCUT2D eigenvalue weighted by Gasteiger charge is 2.15. The van der Waals surface area contributed by atoms with Gasteiger partial charge in [0.1, 0.15) is 10.2 Å². The zero-order valence-electron chi connectivity index (χ0n) is 11.4. The number of carbonyl (C=O) groups is 1. The Bertz CT molecular complexity index is 453. The molecular weight excluding hydrogens is 308 g/mol. The van der Waals surface area contributed by atoms with E-state index in [1.807, 2.05) is 45.1 Å². The molecule has 1 rings (SSSR count). The van der Waals surface area contributed by atoms with Gasteiger partial charge in [-0.05, 0) is 49.2 Å². The number of alkyl carbamates (subject to hydrolysis) is 1. The van der Waals surface area contributed by atoms with Crippen LogP contribution < -0.4 is 5.32 Å². The van der Waals surface area contributed by atoms with Gasteiger partial charge in [0, 0.05) is 18.3 Å². The number of aromatic nitrogens is 1. The third-order valence-electron chi connectivity index (χ3n) is 2.06. The molecule has 0 spiro atoms. The van der Waals surface area contributed by atoms with Gasteiger partial charge in [0.15, 0.2) is 0 Å². The Hall–Kier alpha value is -1.36. The first-order chi connectivity index (χ1) is 8.88. The van der Waals surface area contributed by atoms with Crippen molar-refractivity contribution in [2.75, 3.05) is 6.54 Å². The monoisotopic (exact) mass is 326 g/mol. The molecule has 1 aromatic rings. The second-order valence-electron chi connectivity index (χ2n) is 5.00. The molecule has 0 aliphatic carbocycles. The van der Waals surface area contributed by atoms with Crippen LogP contribution in [0.3, 0.4) is 0 Å². The maximum absolute atomic E-state index is 11.4. The maximum Gasteiger partial charge on any atom is 0.407 e. The summed E-state index contributed by atoms with van der Waals surface area (Å²) in [6.07, 6.45) is 6.03. The first-order valence-electron chi connectivity index (χ1n) is 6.12. The molecule has 4 nitrogen and oxygen atoms in total. The average Bonchev–Trinajstić information content (AvgIpc) is 2.28. The molecule has 0 saturated carbocycles. The van der Waals surface area contributed by atoms with E-state index in [4.69, 9.17) is 4.74 Å². The Labute approximate surface area is 122 Å². The summed E-state index contributed by atoms with van der Waals surface area (Å²) >= 11 is 3.37. The standard InChI is InChI=1S/C14H19BrN2O2/c1-14(2,3)19-13(18)17-9-5-4-7-11-8-6-10-16-12(11)15/h4,6-8,10H,5,9H2,1-3H3,(H,17,18). The van der Waals surface area contributed by atoms with Crippen LogP contribution in [0.5, 0.6) is 0 Å². The van der Waals surface area contributed by atoms with E-state index in [0.717, 1.165) is 16.6 Å². The van der Waals surface area contributed by atoms with Gasteiger partial charge in [0.05, 0.1) is 0 Å². The number of hydrogen-bond donors (Lipinski definition) is 1. The summed E-state index contributed by atoms with van der Waals surface area (Å²) in [4.78, 5) is 15.5. The molecule has 0 aliphatic rings. The summed E-state index contributed by atoms with van der Waals surface area (Å²) < 4.78 is 5.94. The minimum Gasteiger partial charge on any atom is -0.444 e. The highest BCUT2D eigenvalue weighted by molar-refractivity contribution is 9.10. The molecular formula is C14H19BrN2O2. The van der Waals surface area contributed by atoms with Crippen molar-refractivity contribution in [3.05, 3.63) is 34.6 Å². The normalized spacial score (nSPS) is 11.6. The first-order valence-corrected chi connectivity index (χ1v) is 6.92. The van der Waals surface area contributed by atoms with E-state index in [1.165, 1.54) is 0 Å². The Balaban J connectivity index is 2.28. The van der Waals surface area contributed by atoms with Crippen LogP contribution in [-0.4, -0.2) is 23.2 Å². The lowest BCUT2D eigenvalue weighted by molar-refractivity contribution is 0.0529. The van der Waals surface area contributed by atoms with E-state index < -0.39 is 5.60 Å². The zero-order valence-corrected chi connectivity index (χ0v) is 13.0. The molecule has 0 atom stereocenters. The molecule has 0 fully saturated rings. The Morgan fingerprint density at radius 1 is 1.53 bits per heavy atom. The maximum atomic E-state index is 11.4. The van der Waals surface area contributed by atoms with Crippen LogP contribution in [0.25, 0.3) is 6.08 Å². The Morgan fingerprint density at radius 2 is 2.26 bits per heavy atom. The number of carbonyl (C=O) groups excluding carboxylic acids is 1. The van der Waals surface area contributed by atoms with Crippen LogP contribution >= 0.6 is 15.9 Å². The summed E-state index contributed by atoms with van der Waals surface area (Å²) in [6, 6.07) is 3.85. The van der Waals surface area contributed by atoms with Gasteiger partial charge < -0.3 is 10.1 Å². The third-order valence-corrected chi connectivity index (χ3v) is 2.73. The number of halogens is 1. The molecule has 19 heavy (non-hydrogen) atoms. The number of amides is 1. The van der Waals surface area contributed by atoms with Gasteiger partial charge >= 0.3 is 6.09 Å². The predicted molar refractivity (Wildman–Crippen MR) is 79.8 cm³/mol. The van der Waals surface area contributed by atoms with E-state index in [0.29, 0.717) is 6.54 Å². The van der Waals surface area contributed by atoms with Crippen LogP contribution in [0.4, 0.5) is 4.79 Å². The van der Waals surface area contributed by atoms with Crippen LogP contribution in [0.15, 0.2) is 29.0 Å². The average molecular weight is 327 g/mol. The van der Waals surface area contributed by atoms with Gasteiger partial charge in [-0.25, -0.2) is 9.78 Å². The number of pyridine rings is 1. The highest BCUT2D eigenvalue weighted by atomic mass is 79.9. The molecule has 5 heteroatoms. The number of rotatable bonds is 4. The SMILES string of the molecule is CC(C)(C)OC(=O)NCCC=Cc1cccnc1Br. The molecule has 0 aromatic carbocycles. The van der Waals surface area contributed by atoms with Crippen molar-refractivity contribution in [2.24, 2.45) is 0 Å². The third kappa shape index (κ3) is 6.96. The minimum atomic E-state index is -0.458. The lowest BCUT2D eigenvalue weighted by atomic mass is 10.2. The van der Waals surface area contributed by atoms with E-state index in [2.05, 4.69) is 26.2 Å². The summed E-state index contributed by atoms with van der Waals surface area (Å²) in [7, 11) is 0. The van der Waals surface area contributed by atoms with E-state index in [-0.39, 0.29) is 6.09 Å². The fraction of sp³-hybridized carbons (Fsp3) is 0.429. The van der Waals surface area contributed by atoms with Crippen molar-refractivity contribution in [3.63, 3.8) is 0 Å². The Morgan fingerprint density at radius 3 is 2.89 bits per heavy atom. The molecule has 0 aliphatic heterocycles. The molecule has 0 saturated heterocycles. The van der Waals surface area contributed by atoms with E-state index in [9.17, 15) is 4.79 Å². The van der Waals surface area contributed by atoms with Gasteiger partial charge in [-0.1, -0.05) is 18.2 Å². The smallest absolute Gasteiger partial charge is 0.407 e. The van der Waals surface area contributed by atoms with E-state index in [1.54, 1.807) is 6.20 Å². The van der Waals surface area contributed by atoms with Gasteiger partial charge in [0.25, 0.3) is 0 Å². The quantitative estimate of drug-likeness (QED) is 0.676. The number of hydrogen-bond acceptors (Lipinski definition) is 3. The minimum absolute atomic E-state index is 0.386. The summed E-state index contributed by atoms with van der Waals surface area (Å²) in [5.74, 6) is 0. The van der Waals surface area contributed by atoms with Gasteiger partial charge in [-0.2, -0.15) is 0 Å². The highest BCUT2D eigenvalue weighted by Crippen LogP contribution is 2.14. The molecule has 1 heterocycles. The van der Waals surface area contributed by atoms with Gasteiger partial charge in [-0.3, -0.25) is 0 Å². The van der Waals surface area contributed by atoms with Gasteiger partial charge in [0.2, 0.25) is 0 Å². The number of nitrogens with zero attached hydrogens (tertiary/aromatic N) is 1. The second-order valence-corrected chi connectivity index (χ2v) is 5.75. The summed E-state index contributed by atoms with van der Waals surface area (Å²) in [6.45, 7) is 6.06. The van der Waals surface area contributed by atoms with Crippen molar-refractivity contribution in [1.29, 1.82) is 0 Å². The molecule has 104 valence electrons. The molecule has 1 N–H and O–H groups in total. The second kappa shape index (κ2) is 7.28. The van der Waals surface area contributed by atoms with Crippen LogP contribution in [0.1, 0.15) is 32.8 Å². The predicted octanol–water partition coefficient (Wildman–Crippen LogP) is 3.77. The fourth-order valence-corrected chi connectivity index (χ4v) is 1.69. The number of ether oxygens (including phenoxy) is 1. The van der Waals surface area contributed by atoms with Crippen molar-refractivity contribution in [2.45, 2.75) is 32.8 Å². The summed E-state index contributed by atoms with van der Waals surface area (Å²) in [5.41, 5.74) is 0.556. The number of nitrogens with one attached hydrogen (secondary N) is 1. The van der Waals surface area contributed by atoms with Crippen molar-refractivity contribution in [3.8, 4) is 0 Å². The van der Waals surface area contributed by atoms with Gasteiger partial charge in [-0.15, -0.1) is 0 Å². The molecule has 0 bridgehead atoms. The summed E-state index contributed by atoms with van der Waals surface area (Å²) in [5, 5.41) is 2.70. The molecule has 0 radical (unpaired) electrons.